The van der Waals surface area contributed by atoms with E-state index in [9.17, 15) is 13.2 Å². The summed E-state index contributed by atoms with van der Waals surface area (Å²) in [6.07, 6.45) is 5.80. The maximum atomic E-state index is 12.6. The van der Waals surface area contributed by atoms with E-state index in [1.54, 1.807) is 17.5 Å². The summed E-state index contributed by atoms with van der Waals surface area (Å²) < 4.78 is 27.0. The second-order valence-electron chi connectivity index (χ2n) is 7.25. The monoisotopic (exact) mass is 420 g/mol. The highest BCUT2D eigenvalue weighted by atomic mass is 32.2. The number of nitrogens with one attached hydrogen (secondary N) is 1. The van der Waals surface area contributed by atoms with Crippen LogP contribution in [-0.4, -0.2) is 31.7 Å². The molecule has 1 aromatic heterocycles. The Kier molecular flexibility index (Phi) is 7.26. The fourth-order valence-corrected chi connectivity index (χ4v) is 6.09. The van der Waals surface area contributed by atoms with Crippen molar-refractivity contribution in [3.05, 3.63) is 47.3 Å². The fraction of sp³-hybridized carbons (Fsp3) is 0.476. The number of thiophene rings is 1. The lowest BCUT2D eigenvalue weighted by atomic mass is 9.97. The first-order valence-corrected chi connectivity index (χ1v) is 12.3. The highest BCUT2D eigenvalue weighted by Gasteiger charge is 2.32. The average Bonchev–Trinajstić information content (AvgIpc) is 3.25. The SMILES string of the molecule is CCCCCc1ccc(NC(=O)C2CCN(S(=O)(=O)c3cccs3)CC2)cc1. The zero-order valence-electron chi connectivity index (χ0n) is 16.3. The number of rotatable bonds is 8. The first-order valence-electron chi connectivity index (χ1n) is 9.94. The Morgan fingerprint density at radius 2 is 1.86 bits per heavy atom. The third-order valence-corrected chi connectivity index (χ3v) is 8.48. The molecule has 28 heavy (non-hydrogen) atoms. The van der Waals surface area contributed by atoms with Crippen molar-refractivity contribution in [1.82, 2.24) is 4.31 Å². The molecule has 1 aromatic carbocycles. The molecule has 0 aliphatic carbocycles. The molecular weight excluding hydrogens is 392 g/mol. The summed E-state index contributed by atoms with van der Waals surface area (Å²) in [4.78, 5) is 12.6. The van der Waals surface area contributed by atoms with Gasteiger partial charge in [0.15, 0.2) is 0 Å². The summed E-state index contributed by atoms with van der Waals surface area (Å²) >= 11 is 1.23. The predicted molar refractivity (Wildman–Crippen MR) is 114 cm³/mol. The van der Waals surface area contributed by atoms with E-state index in [2.05, 4.69) is 24.4 Å². The second-order valence-corrected chi connectivity index (χ2v) is 10.4. The van der Waals surface area contributed by atoms with Crippen molar-refractivity contribution < 1.29 is 13.2 Å². The number of hydrogen-bond donors (Lipinski definition) is 1. The van der Waals surface area contributed by atoms with Gasteiger partial charge in [-0.3, -0.25) is 4.79 Å². The van der Waals surface area contributed by atoms with Crippen molar-refractivity contribution in [2.75, 3.05) is 18.4 Å². The van der Waals surface area contributed by atoms with E-state index in [0.29, 0.717) is 30.1 Å². The molecule has 2 heterocycles. The molecule has 0 spiro atoms. The molecule has 0 saturated carbocycles. The highest BCUT2D eigenvalue weighted by molar-refractivity contribution is 7.91. The van der Waals surface area contributed by atoms with Crippen molar-refractivity contribution in [3.63, 3.8) is 0 Å². The van der Waals surface area contributed by atoms with Crippen molar-refractivity contribution in [2.45, 2.75) is 49.7 Å². The molecule has 2 aromatic rings. The lowest BCUT2D eigenvalue weighted by Gasteiger charge is -2.30. The smallest absolute Gasteiger partial charge is 0.252 e. The summed E-state index contributed by atoms with van der Waals surface area (Å²) in [6.45, 7) is 2.96. The Hall–Kier alpha value is -1.70. The maximum Gasteiger partial charge on any atom is 0.252 e. The number of anilines is 1. The number of benzene rings is 1. The van der Waals surface area contributed by atoms with Gasteiger partial charge in [-0.05, 0) is 54.8 Å². The quantitative estimate of drug-likeness (QED) is 0.639. The molecule has 0 radical (unpaired) electrons. The van der Waals surface area contributed by atoms with Crippen LogP contribution in [0.5, 0.6) is 0 Å². The number of sulfonamides is 1. The molecule has 1 N–H and O–H groups in total. The summed E-state index contributed by atoms with van der Waals surface area (Å²) in [5.74, 6) is -0.175. The molecule has 1 saturated heterocycles. The Morgan fingerprint density at radius 1 is 1.14 bits per heavy atom. The Morgan fingerprint density at radius 3 is 2.46 bits per heavy atom. The molecule has 0 bridgehead atoms. The van der Waals surface area contributed by atoms with E-state index in [4.69, 9.17) is 0 Å². The number of aryl methyl sites for hydroxylation is 1. The third kappa shape index (κ3) is 5.21. The van der Waals surface area contributed by atoms with Crippen LogP contribution in [0.15, 0.2) is 46.0 Å². The number of hydrogen-bond acceptors (Lipinski definition) is 4. The summed E-state index contributed by atoms with van der Waals surface area (Å²) in [5.41, 5.74) is 2.09. The van der Waals surface area contributed by atoms with Gasteiger partial charge in [0.1, 0.15) is 4.21 Å². The van der Waals surface area contributed by atoms with E-state index in [-0.39, 0.29) is 11.8 Å². The van der Waals surface area contributed by atoms with Gasteiger partial charge in [-0.1, -0.05) is 38.0 Å². The minimum absolute atomic E-state index is 0.0214. The number of carbonyl (C=O) groups excluding carboxylic acids is 1. The lowest BCUT2D eigenvalue weighted by Crippen LogP contribution is -2.41. The normalized spacial score (nSPS) is 16.2. The summed E-state index contributed by atoms with van der Waals surface area (Å²) in [5, 5.41) is 4.75. The molecule has 3 rings (SSSR count). The Labute approximate surface area is 171 Å². The number of nitrogens with zero attached hydrogens (tertiary/aromatic N) is 1. The van der Waals surface area contributed by atoms with Crippen molar-refractivity contribution in [3.8, 4) is 0 Å². The number of piperidine rings is 1. The predicted octanol–water partition coefficient (Wildman–Crippen LogP) is 4.52. The molecule has 1 amide bonds. The number of unbranched alkanes of at least 4 members (excludes halogenated alkanes) is 2. The van der Waals surface area contributed by atoms with E-state index < -0.39 is 10.0 Å². The molecule has 0 atom stereocenters. The van der Waals surface area contributed by atoms with E-state index in [1.807, 2.05) is 12.1 Å². The second kappa shape index (κ2) is 9.67. The van der Waals surface area contributed by atoms with Gasteiger partial charge >= 0.3 is 0 Å². The van der Waals surface area contributed by atoms with Crippen LogP contribution in [0.25, 0.3) is 0 Å². The number of carbonyl (C=O) groups is 1. The standard InChI is InChI=1S/C21H28N2O3S2/c1-2-3-4-6-17-8-10-19(11-9-17)22-21(24)18-12-14-23(15-13-18)28(25,26)20-7-5-16-27-20/h5,7-11,16,18H,2-4,6,12-15H2,1H3,(H,22,24). The van der Waals surface area contributed by atoms with E-state index in [0.717, 1.165) is 12.1 Å². The van der Waals surface area contributed by atoms with Crippen LogP contribution >= 0.6 is 11.3 Å². The first kappa shape index (κ1) is 21.0. The lowest BCUT2D eigenvalue weighted by molar-refractivity contribution is -0.120. The van der Waals surface area contributed by atoms with Crippen LogP contribution in [0, 0.1) is 5.92 Å². The zero-order valence-corrected chi connectivity index (χ0v) is 17.9. The maximum absolute atomic E-state index is 12.6. The molecule has 5 nitrogen and oxygen atoms in total. The molecule has 1 aliphatic heterocycles. The van der Waals surface area contributed by atoms with Gasteiger partial charge in [-0.15, -0.1) is 11.3 Å². The van der Waals surface area contributed by atoms with E-state index >= 15 is 0 Å². The van der Waals surface area contributed by atoms with Gasteiger partial charge in [0.25, 0.3) is 10.0 Å². The average molecular weight is 421 g/mol. The largest absolute Gasteiger partial charge is 0.326 e. The van der Waals surface area contributed by atoms with Crippen LogP contribution in [-0.2, 0) is 21.2 Å². The summed E-state index contributed by atoms with van der Waals surface area (Å²) in [6, 6.07) is 11.4. The van der Waals surface area contributed by atoms with E-state index in [1.165, 1.54) is 40.5 Å². The van der Waals surface area contributed by atoms with Crippen LogP contribution < -0.4 is 5.32 Å². The molecule has 1 fully saturated rings. The fourth-order valence-electron chi connectivity index (χ4n) is 3.47. The third-order valence-electron chi connectivity index (χ3n) is 5.20. The molecular formula is C21H28N2O3S2. The van der Waals surface area contributed by atoms with Gasteiger partial charge in [-0.25, -0.2) is 8.42 Å². The molecule has 152 valence electrons. The van der Waals surface area contributed by atoms with Gasteiger partial charge in [0.05, 0.1) is 0 Å². The van der Waals surface area contributed by atoms with Gasteiger partial charge in [0, 0.05) is 24.7 Å². The topological polar surface area (TPSA) is 66.5 Å². The molecule has 7 heteroatoms. The Bertz CT molecular complexity index is 854. The summed E-state index contributed by atoms with van der Waals surface area (Å²) in [7, 11) is -3.42. The van der Waals surface area contributed by atoms with Crippen molar-refractivity contribution in [1.29, 1.82) is 0 Å². The van der Waals surface area contributed by atoms with Crippen LogP contribution in [0.1, 0.15) is 44.6 Å². The Balaban J connectivity index is 1.50. The molecule has 1 aliphatic rings. The van der Waals surface area contributed by atoms with Crippen molar-refractivity contribution >= 4 is 33.0 Å². The zero-order chi connectivity index (χ0) is 20.0. The minimum atomic E-state index is -3.42. The minimum Gasteiger partial charge on any atom is -0.326 e. The van der Waals surface area contributed by atoms with Gasteiger partial charge in [0.2, 0.25) is 5.91 Å². The van der Waals surface area contributed by atoms with Crippen molar-refractivity contribution in [2.24, 2.45) is 5.92 Å². The number of amides is 1. The van der Waals surface area contributed by atoms with Gasteiger partial charge in [-0.2, -0.15) is 4.31 Å². The van der Waals surface area contributed by atoms with Crippen LogP contribution in [0.4, 0.5) is 5.69 Å². The molecule has 0 unspecified atom stereocenters. The first-order chi connectivity index (χ1) is 13.5. The van der Waals surface area contributed by atoms with Crippen LogP contribution in [0.3, 0.4) is 0 Å². The highest BCUT2D eigenvalue weighted by Crippen LogP contribution is 2.27. The van der Waals surface area contributed by atoms with Gasteiger partial charge < -0.3 is 5.32 Å². The van der Waals surface area contributed by atoms with Crippen LogP contribution in [0.2, 0.25) is 0 Å².